The van der Waals surface area contributed by atoms with E-state index in [2.05, 4.69) is 15.6 Å². The largest absolute Gasteiger partial charge is 0.494 e. The van der Waals surface area contributed by atoms with Crippen LogP contribution in [0.2, 0.25) is 0 Å². The minimum absolute atomic E-state index is 0.00486. The van der Waals surface area contributed by atoms with Gasteiger partial charge >= 0.3 is 0 Å². The molecule has 0 aliphatic heterocycles. The lowest BCUT2D eigenvalue weighted by molar-refractivity contribution is 0.157. The molecule has 1 aromatic carbocycles. The third-order valence-corrected chi connectivity index (χ3v) is 4.39. The second-order valence-corrected chi connectivity index (χ2v) is 8.02. The molecule has 0 spiro atoms. The monoisotopic (exact) mass is 389 g/mol. The quantitative estimate of drug-likeness (QED) is 0.358. The van der Waals surface area contributed by atoms with E-state index < -0.39 is 15.7 Å². The Labute approximate surface area is 154 Å². The molecule has 0 saturated heterocycles. The summed E-state index contributed by atoms with van der Waals surface area (Å²) in [6.07, 6.45) is 1.17. The van der Waals surface area contributed by atoms with Crippen molar-refractivity contribution in [2.75, 3.05) is 45.4 Å². The highest BCUT2D eigenvalue weighted by Crippen LogP contribution is 2.21. The standard InChI is InChI=1S/C17H28FN3O4S/c1-5-19-17(20-8-9-25-10-11-26(4,22)23)21-13(2)14-6-7-16(24-3)15(18)12-14/h6-7,12-13H,5,8-11H2,1-4H3,(H2,19,20,21). The minimum Gasteiger partial charge on any atom is -0.494 e. The SMILES string of the molecule is CCNC(=NCCOCCS(C)(=O)=O)NC(C)c1ccc(OC)c(F)c1. The third kappa shape index (κ3) is 8.48. The number of halogens is 1. The van der Waals surface area contributed by atoms with Crippen molar-refractivity contribution in [3.8, 4) is 5.75 Å². The zero-order chi connectivity index (χ0) is 19.6. The lowest BCUT2D eigenvalue weighted by Crippen LogP contribution is -2.39. The highest BCUT2D eigenvalue weighted by Gasteiger charge is 2.11. The molecule has 26 heavy (non-hydrogen) atoms. The van der Waals surface area contributed by atoms with Gasteiger partial charge < -0.3 is 20.1 Å². The van der Waals surface area contributed by atoms with Crippen LogP contribution in [0.3, 0.4) is 0 Å². The zero-order valence-corrected chi connectivity index (χ0v) is 16.5. The van der Waals surface area contributed by atoms with Gasteiger partial charge in [0, 0.05) is 12.8 Å². The van der Waals surface area contributed by atoms with E-state index in [0.29, 0.717) is 25.7 Å². The molecule has 0 saturated carbocycles. The number of guanidine groups is 1. The van der Waals surface area contributed by atoms with Gasteiger partial charge in [-0.15, -0.1) is 0 Å². The van der Waals surface area contributed by atoms with Crippen molar-refractivity contribution >= 4 is 15.8 Å². The molecule has 0 amide bonds. The van der Waals surface area contributed by atoms with Crippen LogP contribution in [-0.4, -0.2) is 59.8 Å². The van der Waals surface area contributed by atoms with Gasteiger partial charge in [-0.05, 0) is 31.5 Å². The van der Waals surface area contributed by atoms with Gasteiger partial charge in [-0.25, -0.2) is 12.8 Å². The Bertz CT molecular complexity index is 695. The van der Waals surface area contributed by atoms with Crippen molar-refractivity contribution in [3.63, 3.8) is 0 Å². The Morgan fingerprint density at radius 1 is 1.35 bits per heavy atom. The van der Waals surface area contributed by atoms with Crippen LogP contribution in [0.4, 0.5) is 4.39 Å². The van der Waals surface area contributed by atoms with E-state index in [1.807, 2.05) is 13.8 Å². The Hall–Kier alpha value is -1.87. The number of benzene rings is 1. The lowest BCUT2D eigenvalue weighted by Gasteiger charge is -2.18. The van der Waals surface area contributed by atoms with E-state index in [-0.39, 0.29) is 24.2 Å². The second kappa shape index (κ2) is 11.0. The summed E-state index contributed by atoms with van der Waals surface area (Å²) in [6, 6.07) is 4.63. The molecule has 1 unspecified atom stereocenters. The topological polar surface area (TPSA) is 89.0 Å². The van der Waals surface area contributed by atoms with Crippen LogP contribution in [0.1, 0.15) is 25.5 Å². The number of nitrogens with zero attached hydrogens (tertiary/aromatic N) is 1. The molecule has 0 aromatic heterocycles. The van der Waals surface area contributed by atoms with Gasteiger partial charge in [-0.1, -0.05) is 6.07 Å². The van der Waals surface area contributed by atoms with Crippen LogP contribution in [0.15, 0.2) is 23.2 Å². The summed E-state index contributed by atoms with van der Waals surface area (Å²) < 4.78 is 46.1. The van der Waals surface area contributed by atoms with E-state index in [1.54, 1.807) is 12.1 Å². The first kappa shape index (κ1) is 22.2. The van der Waals surface area contributed by atoms with Crippen molar-refractivity contribution in [2.24, 2.45) is 4.99 Å². The number of methoxy groups -OCH3 is 1. The van der Waals surface area contributed by atoms with Gasteiger partial charge in [0.2, 0.25) is 0 Å². The number of sulfone groups is 1. The molecule has 0 heterocycles. The summed E-state index contributed by atoms with van der Waals surface area (Å²) in [5, 5.41) is 6.30. The fraction of sp³-hybridized carbons (Fsp3) is 0.588. The highest BCUT2D eigenvalue weighted by atomic mass is 32.2. The van der Waals surface area contributed by atoms with Gasteiger partial charge in [0.1, 0.15) is 9.84 Å². The number of nitrogens with one attached hydrogen (secondary N) is 2. The summed E-state index contributed by atoms with van der Waals surface area (Å²) in [5.74, 6) is 0.352. The van der Waals surface area contributed by atoms with Gasteiger partial charge in [0.25, 0.3) is 0 Å². The molecule has 2 N–H and O–H groups in total. The zero-order valence-electron chi connectivity index (χ0n) is 15.7. The fourth-order valence-corrected chi connectivity index (χ4v) is 2.52. The number of hydrogen-bond donors (Lipinski definition) is 2. The predicted octanol–water partition coefficient (Wildman–Crippen LogP) is 1.51. The summed E-state index contributed by atoms with van der Waals surface area (Å²) in [4.78, 5) is 4.37. The average molecular weight is 389 g/mol. The van der Waals surface area contributed by atoms with Crippen molar-refractivity contribution in [1.82, 2.24) is 10.6 Å². The van der Waals surface area contributed by atoms with Crippen LogP contribution < -0.4 is 15.4 Å². The van der Waals surface area contributed by atoms with Gasteiger partial charge in [-0.2, -0.15) is 0 Å². The van der Waals surface area contributed by atoms with Crippen LogP contribution in [0.25, 0.3) is 0 Å². The second-order valence-electron chi connectivity index (χ2n) is 5.76. The van der Waals surface area contributed by atoms with Gasteiger partial charge in [0.05, 0.1) is 38.7 Å². The Morgan fingerprint density at radius 2 is 2.08 bits per heavy atom. The lowest BCUT2D eigenvalue weighted by atomic mass is 10.1. The van der Waals surface area contributed by atoms with Gasteiger partial charge in [0.15, 0.2) is 17.5 Å². The van der Waals surface area contributed by atoms with Crippen molar-refractivity contribution in [1.29, 1.82) is 0 Å². The van der Waals surface area contributed by atoms with E-state index in [1.165, 1.54) is 19.4 Å². The first-order valence-electron chi connectivity index (χ1n) is 8.40. The van der Waals surface area contributed by atoms with E-state index in [4.69, 9.17) is 9.47 Å². The molecule has 1 atom stereocenters. The molecule has 0 radical (unpaired) electrons. The van der Waals surface area contributed by atoms with E-state index in [9.17, 15) is 12.8 Å². The molecule has 0 aliphatic rings. The van der Waals surface area contributed by atoms with Crippen LogP contribution >= 0.6 is 0 Å². The normalized spacial score (nSPS) is 13.3. The van der Waals surface area contributed by atoms with E-state index in [0.717, 1.165) is 5.56 Å². The summed E-state index contributed by atoms with van der Waals surface area (Å²) in [5.41, 5.74) is 0.762. The average Bonchev–Trinajstić information content (AvgIpc) is 2.56. The number of ether oxygens (including phenoxy) is 2. The Morgan fingerprint density at radius 3 is 2.65 bits per heavy atom. The van der Waals surface area contributed by atoms with Gasteiger partial charge in [-0.3, -0.25) is 4.99 Å². The maximum Gasteiger partial charge on any atom is 0.191 e. The molecular weight excluding hydrogens is 361 g/mol. The first-order chi connectivity index (χ1) is 12.3. The van der Waals surface area contributed by atoms with Crippen molar-refractivity contribution in [3.05, 3.63) is 29.6 Å². The Balaban J connectivity index is 2.56. The number of rotatable bonds is 10. The molecule has 9 heteroatoms. The van der Waals surface area contributed by atoms with Crippen molar-refractivity contribution in [2.45, 2.75) is 19.9 Å². The summed E-state index contributed by atoms with van der Waals surface area (Å²) in [6.45, 7) is 5.36. The number of hydrogen-bond acceptors (Lipinski definition) is 5. The fourth-order valence-electron chi connectivity index (χ4n) is 2.09. The number of aliphatic imine (C=N–C) groups is 1. The maximum atomic E-state index is 13.8. The van der Waals surface area contributed by atoms with Crippen LogP contribution in [0, 0.1) is 5.82 Å². The van der Waals surface area contributed by atoms with Crippen LogP contribution in [0.5, 0.6) is 5.75 Å². The third-order valence-electron chi connectivity index (χ3n) is 3.48. The van der Waals surface area contributed by atoms with Crippen LogP contribution in [-0.2, 0) is 14.6 Å². The molecule has 0 bridgehead atoms. The molecule has 0 fully saturated rings. The predicted molar refractivity (Wildman–Crippen MR) is 101 cm³/mol. The molecular formula is C17H28FN3O4S. The molecule has 1 rings (SSSR count). The smallest absolute Gasteiger partial charge is 0.191 e. The molecule has 0 aliphatic carbocycles. The maximum absolute atomic E-state index is 13.8. The molecule has 1 aromatic rings. The first-order valence-corrected chi connectivity index (χ1v) is 10.5. The molecule has 7 nitrogen and oxygen atoms in total. The highest BCUT2D eigenvalue weighted by molar-refractivity contribution is 7.90. The summed E-state index contributed by atoms with van der Waals surface area (Å²) >= 11 is 0. The Kier molecular flexibility index (Phi) is 9.36. The van der Waals surface area contributed by atoms with E-state index >= 15 is 0 Å². The van der Waals surface area contributed by atoms with Crippen molar-refractivity contribution < 1.29 is 22.3 Å². The molecule has 148 valence electrons. The summed E-state index contributed by atoms with van der Waals surface area (Å²) in [7, 11) is -1.59. The minimum atomic E-state index is -3.02.